The minimum atomic E-state index is -1.28. The van der Waals surface area contributed by atoms with Crippen molar-refractivity contribution in [3.8, 4) is 0 Å². The topological polar surface area (TPSA) is 66.4 Å². The Hall–Kier alpha value is -1.91. The first-order chi connectivity index (χ1) is 8.83. The Morgan fingerprint density at radius 2 is 2.00 bits per heavy atom. The van der Waals surface area contributed by atoms with E-state index in [4.69, 9.17) is 0 Å². The second kappa shape index (κ2) is 4.64. The Morgan fingerprint density at radius 1 is 1.37 bits per heavy atom. The standard InChI is InChI=1S/C14H16FNO3/c1-8-5-9(7-11(15)6-8)12(17)16-14(2,13(18)19)10-3-4-10/h5-7,10H,3-4H2,1-2H3,(H,16,17)(H,18,19). The summed E-state index contributed by atoms with van der Waals surface area (Å²) in [5.74, 6) is -2.17. The van der Waals surface area contributed by atoms with E-state index in [0.717, 1.165) is 18.9 Å². The van der Waals surface area contributed by atoms with Crippen LogP contribution in [0.2, 0.25) is 0 Å². The molecule has 0 heterocycles. The van der Waals surface area contributed by atoms with E-state index in [9.17, 15) is 19.1 Å². The Bertz CT molecular complexity index is 519. The van der Waals surface area contributed by atoms with Crippen molar-refractivity contribution in [1.29, 1.82) is 0 Å². The smallest absolute Gasteiger partial charge is 0.329 e. The van der Waals surface area contributed by atoms with Gasteiger partial charge in [-0.05, 0) is 56.4 Å². The maximum Gasteiger partial charge on any atom is 0.329 e. The maximum absolute atomic E-state index is 13.3. The molecular formula is C14H16FNO3. The van der Waals surface area contributed by atoms with Crippen LogP contribution in [0.5, 0.6) is 0 Å². The van der Waals surface area contributed by atoms with Crippen LogP contribution in [0, 0.1) is 18.7 Å². The molecule has 1 amide bonds. The molecule has 1 aliphatic rings. The molecule has 5 heteroatoms. The van der Waals surface area contributed by atoms with Crippen LogP contribution in [0.3, 0.4) is 0 Å². The molecule has 1 aromatic carbocycles. The lowest BCUT2D eigenvalue weighted by Crippen LogP contribution is -2.54. The molecule has 1 aromatic rings. The predicted molar refractivity (Wildman–Crippen MR) is 67.4 cm³/mol. The van der Waals surface area contributed by atoms with Gasteiger partial charge in [-0.1, -0.05) is 0 Å². The van der Waals surface area contributed by atoms with Gasteiger partial charge in [0.2, 0.25) is 0 Å². The number of carbonyl (C=O) groups excluding carboxylic acids is 1. The molecular weight excluding hydrogens is 249 g/mol. The number of benzene rings is 1. The number of halogens is 1. The van der Waals surface area contributed by atoms with Crippen molar-refractivity contribution >= 4 is 11.9 Å². The SMILES string of the molecule is Cc1cc(F)cc(C(=O)NC(C)(C(=O)O)C2CC2)c1. The van der Waals surface area contributed by atoms with Crippen molar-refractivity contribution in [3.63, 3.8) is 0 Å². The van der Waals surface area contributed by atoms with E-state index in [1.54, 1.807) is 6.92 Å². The molecule has 0 aliphatic heterocycles. The summed E-state index contributed by atoms with van der Waals surface area (Å²) in [6.45, 7) is 3.17. The molecule has 2 N–H and O–H groups in total. The van der Waals surface area contributed by atoms with Crippen molar-refractivity contribution in [2.45, 2.75) is 32.2 Å². The fourth-order valence-electron chi connectivity index (χ4n) is 2.17. The summed E-state index contributed by atoms with van der Waals surface area (Å²) in [6, 6.07) is 3.96. The van der Waals surface area contributed by atoms with Crippen LogP contribution in [-0.2, 0) is 4.79 Å². The number of hydrogen-bond acceptors (Lipinski definition) is 2. The fraction of sp³-hybridized carbons (Fsp3) is 0.429. The minimum Gasteiger partial charge on any atom is -0.480 e. The highest BCUT2D eigenvalue weighted by Crippen LogP contribution is 2.39. The number of hydrogen-bond donors (Lipinski definition) is 2. The van der Waals surface area contributed by atoms with Crippen LogP contribution >= 0.6 is 0 Å². The molecule has 0 bridgehead atoms. The number of aryl methyl sites for hydroxylation is 1. The van der Waals surface area contributed by atoms with E-state index in [1.165, 1.54) is 19.1 Å². The molecule has 1 aliphatic carbocycles. The Morgan fingerprint density at radius 3 is 2.47 bits per heavy atom. The molecule has 4 nitrogen and oxygen atoms in total. The van der Waals surface area contributed by atoms with Crippen LogP contribution in [0.15, 0.2) is 18.2 Å². The highest BCUT2D eigenvalue weighted by molar-refractivity contribution is 5.98. The zero-order chi connectivity index (χ0) is 14.2. The summed E-state index contributed by atoms with van der Waals surface area (Å²) in [4.78, 5) is 23.4. The van der Waals surface area contributed by atoms with Crippen molar-refractivity contribution in [2.75, 3.05) is 0 Å². The van der Waals surface area contributed by atoms with Gasteiger partial charge in [0.15, 0.2) is 0 Å². The third-order valence-electron chi connectivity index (χ3n) is 3.52. The number of nitrogens with one attached hydrogen (secondary N) is 1. The number of rotatable bonds is 4. The summed E-state index contributed by atoms with van der Waals surface area (Å²) in [5, 5.41) is 11.8. The summed E-state index contributed by atoms with van der Waals surface area (Å²) in [7, 11) is 0. The lowest BCUT2D eigenvalue weighted by Gasteiger charge is -2.26. The van der Waals surface area contributed by atoms with Crippen molar-refractivity contribution in [2.24, 2.45) is 5.92 Å². The van der Waals surface area contributed by atoms with E-state index in [1.807, 2.05) is 0 Å². The lowest BCUT2D eigenvalue weighted by atomic mass is 9.95. The van der Waals surface area contributed by atoms with Crippen molar-refractivity contribution < 1.29 is 19.1 Å². The zero-order valence-electron chi connectivity index (χ0n) is 10.9. The number of carboxylic acid groups (broad SMARTS) is 1. The molecule has 1 fully saturated rings. The summed E-state index contributed by atoms with van der Waals surface area (Å²) >= 11 is 0. The average Bonchev–Trinajstić information content (AvgIpc) is 3.10. The van der Waals surface area contributed by atoms with E-state index in [0.29, 0.717) is 5.56 Å². The van der Waals surface area contributed by atoms with Gasteiger partial charge in [-0.2, -0.15) is 0 Å². The van der Waals surface area contributed by atoms with Crippen molar-refractivity contribution in [1.82, 2.24) is 5.32 Å². The highest BCUT2D eigenvalue weighted by Gasteiger charge is 2.48. The summed E-state index contributed by atoms with van der Waals surface area (Å²) in [6.07, 6.45) is 1.57. The molecule has 0 saturated heterocycles. The molecule has 1 atom stereocenters. The third kappa shape index (κ3) is 2.75. The number of carboxylic acids is 1. The Labute approximate surface area is 110 Å². The van der Waals surface area contributed by atoms with Gasteiger partial charge in [-0.25, -0.2) is 9.18 Å². The van der Waals surface area contributed by atoms with Crippen LogP contribution in [0.1, 0.15) is 35.7 Å². The van der Waals surface area contributed by atoms with Crippen LogP contribution < -0.4 is 5.32 Å². The van der Waals surface area contributed by atoms with Crippen LogP contribution in [0.4, 0.5) is 4.39 Å². The highest BCUT2D eigenvalue weighted by atomic mass is 19.1. The minimum absolute atomic E-state index is 0.0522. The van der Waals surface area contributed by atoms with Gasteiger partial charge in [-0.15, -0.1) is 0 Å². The quantitative estimate of drug-likeness (QED) is 0.876. The van der Waals surface area contributed by atoms with Gasteiger partial charge in [0, 0.05) is 5.56 Å². The van der Waals surface area contributed by atoms with Gasteiger partial charge >= 0.3 is 5.97 Å². The number of amides is 1. The lowest BCUT2D eigenvalue weighted by molar-refractivity contribution is -0.144. The number of carbonyl (C=O) groups is 2. The summed E-state index contributed by atoms with van der Waals surface area (Å²) in [5.41, 5.74) is -0.517. The monoisotopic (exact) mass is 265 g/mol. The Kier molecular flexibility index (Phi) is 3.30. The first kappa shape index (κ1) is 13.5. The van der Waals surface area contributed by atoms with E-state index in [-0.39, 0.29) is 11.5 Å². The molecule has 102 valence electrons. The molecule has 0 radical (unpaired) electrons. The fourth-order valence-corrected chi connectivity index (χ4v) is 2.17. The maximum atomic E-state index is 13.3. The third-order valence-corrected chi connectivity index (χ3v) is 3.52. The second-order valence-corrected chi connectivity index (χ2v) is 5.25. The van der Waals surface area contributed by atoms with E-state index < -0.39 is 23.2 Å². The molecule has 2 rings (SSSR count). The Balaban J connectivity index is 2.22. The molecule has 0 spiro atoms. The normalized spacial score (nSPS) is 17.6. The van der Waals surface area contributed by atoms with Gasteiger partial charge in [0.25, 0.3) is 5.91 Å². The first-order valence-electron chi connectivity index (χ1n) is 6.16. The van der Waals surface area contributed by atoms with Crippen LogP contribution in [-0.4, -0.2) is 22.5 Å². The van der Waals surface area contributed by atoms with Crippen LogP contribution in [0.25, 0.3) is 0 Å². The molecule has 19 heavy (non-hydrogen) atoms. The summed E-state index contributed by atoms with van der Waals surface area (Å²) < 4.78 is 13.3. The van der Waals surface area contributed by atoms with Gasteiger partial charge in [0.05, 0.1) is 0 Å². The van der Waals surface area contributed by atoms with Gasteiger partial charge < -0.3 is 10.4 Å². The predicted octanol–water partition coefficient (Wildman–Crippen LogP) is 2.12. The number of aliphatic carboxylic acids is 1. The van der Waals surface area contributed by atoms with E-state index in [2.05, 4.69) is 5.32 Å². The van der Waals surface area contributed by atoms with E-state index >= 15 is 0 Å². The second-order valence-electron chi connectivity index (χ2n) is 5.25. The molecule has 1 saturated carbocycles. The average molecular weight is 265 g/mol. The van der Waals surface area contributed by atoms with Crippen molar-refractivity contribution in [3.05, 3.63) is 35.1 Å². The first-order valence-corrected chi connectivity index (χ1v) is 6.16. The van der Waals surface area contributed by atoms with Gasteiger partial charge in [0.1, 0.15) is 11.4 Å². The zero-order valence-corrected chi connectivity index (χ0v) is 10.9. The molecule has 1 unspecified atom stereocenters. The molecule has 0 aromatic heterocycles. The largest absolute Gasteiger partial charge is 0.480 e. The van der Waals surface area contributed by atoms with Gasteiger partial charge in [-0.3, -0.25) is 4.79 Å².